The molecule has 9 heteroatoms. The minimum atomic E-state index is -5.08. The van der Waals surface area contributed by atoms with Gasteiger partial charge >= 0.3 is 12.1 Å². The number of amides is 1. The number of ether oxygens (including phenoxy) is 1. The third kappa shape index (κ3) is 7.13. The summed E-state index contributed by atoms with van der Waals surface area (Å²) >= 11 is 0. The minimum absolute atomic E-state index is 0.196. The summed E-state index contributed by atoms with van der Waals surface area (Å²) in [7, 11) is 1.68. The Balaban J connectivity index is 0.000000423. The molecule has 2 aromatic rings. The zero-order chi connectivity index (χ0) is 23.0. The number of carboxylic acid groups (broad SMARTS) is 1. The van der Waals surface area contributed by atoms with Crippen LogP contribution >= 0.6 is 0 Å². The first-order chi connectivity index (χ1) is 14.7. The van der Waals surface area contributed by atoms with E-state index in [0.717, 1.165) is 54.7 Å². The lowest BCUT2D eigenvalue weighted by molar-refractivity contribution is -0.192. The van der Waals surface area contributed by atoms with Crippen molar-refractivity contribution in [2.24, 2.45) is 5.92 Å². The number of fused-ring (bicyclic) bond motifs is 1. The largest absolute Gasteiger partial charge is 0.497 e. The first kappa shape index (κ1) is 24.5. The van der Waals surface area contributed by atoms with Crippen LogP contribution in [0.25, 0.3) is 10.8 Å². The third-order valence-corrected chi connectivity index (χ3v) is 5.09. The standard InChI is InChI=1S/C20H26N2O2.C2HF3O2/c1-3-20(23)22(14-15-8-10-21-11-9-15)18-6-4-17-13-19(24-2)7-5-16(17)12-18;3-2(4,5)1(6)7/h4-7,12-13,15,21H,3,8-11,14H2,1-2H3;(H,6,7). The number of halogens is 3. The molecular formula is C22H27F3N2O4. The van der Waals surface area contributed by atoms with Gasteiger partial charge < -0.3 is 20.1 Å². The van der Waals surface area contributed by atoms with E-state index in [9.17, 15) is 18.0 Å². The molecule has 2 N–H and O–H groups in total. The highest BCUT2D eigenvalue weighted by Gasteiger charge is 2.38. The molecule has 0 atom stereocenters. The van der Waals surface area contributed by atoms with Crippen molar-refractivity contribution in [2.45, 2.75) is 32.4 Å². The monoisotopic (exact) mass is 440 g/mol. The summed E-state index contributed by atoms with van der Waals surface area (Å²) in [6, 6.07) is 12.3. The molecular weight excluding hydrogens is 413 g/mol. The summed E-state index contributed by atoms with van der Waals surface area (Å²) in [5.74, 6) is -1.13. The third-order valence-electron chi connectivity index (χ3n) is 5.09. The zero-order valence-electron chi connectivity index (χ0n) is 17.5. The molecule has 0 aliphatic carbocycles. The van der Waals surface area contributed by atoms with Crippen LogP contribution in [0.5, 0.6) is 5.75 Å². The Hall–Kier alpha value is -2.81. The summed E-state index contributed by atoms with van der Waals surface area (Å²) in [4.78, 5) is 23.4. The maximum Gasteiger partial charge on any atom is 0.490 e. The van der Waals surface area contributed by atoms with E-state index in [0.29, 0.717) is 12.3 Å². The number of carbonyl (C=O) groups excluding carboxylic acids is 1. The molecule has 1 aliphatic rings. The van der Waals surface area contributed by atoms with Gasteiger partial charge in [-0.05, 0) is 66.9 Å². The lowest BCUT2D eigenvalue weighted by atomic mass is 9.97. The number of benzene rings is 2. The fourth-order valence-electron chi connectivity index (χ4n) is 3.37. The van der Waals surface area contributed by atoms with Gasteiger partial charge in [0.2, 0.25) is 5.91 Å². The van der Waals surface area contributed by atoms with E-state index in [1.165, 1.54) is 0 Å². The molecule has 170 valence electrons. The van der Waals surface area contributed by atoms with Crippen LogP contribution in [0.1, 0.15) is 26.2 Å². The van der Waals surface area contributed by atoms with Gasteiger partial charge in [-0.2, -0.15) is 13.2 Å². The lowest BCUT2D eigenvalue weighted by Crippen LogP contribution is -2.39. The van der Waals surface area contributed by atoms with Gasteiger partial charge in [0.1, 0.15) is 5.75 Å². The highest BCUT2D eigenvalue weighted by atomic mass is 19.4. The van der Waals surface area contributed by atoms with Gasteiger partial charge in [-0.15, -0.1) is 0 Å². The van der Waals surface area contributed by atoms with Gasteiger partial charge in [-0.3, -0.25) is 4.79 Å². The molecule has 2 aromatic carbocycles. The van der Waals surface area contributed by atoms with Crippen molar-refractivity contribution >= 4 is 28.3 Å². The van der Waals surface area contributed by atoms with Gasteiger partial charge in [0.05, 0.1) is 7.11 Å². The Morgan fingerprint density at radius 2 is 1.71 bits per heavy atom. The molecule has 0 aromatic heterocycles. The average Bonchev–Trinajstić information content (AvgIpc) is 2.76. The molecule has 0 saturated carbocycles. The van der Waals surface area contributed by atoms with Crippen molar-refractivity contribution in [3.8, 4) is 5.75 Å². The van der Waals surface area contributed by atoms with Crippen LogP contribution in [0.3, 0.4) is 0 Å². The van der Waals surface area contributed by atoms with Crippen LogP contribution < -0.4 is 15.0 Å². The normalized spacial score (nSPS) is 14.5. The van der Waals surface area contributed by atoms with E-state index in [2.05, 4.69) is 29.6 Å². The van der Waals surface area contributed by atoms with E-state index in [4.69, 9.17) is 14.6 Å². The summed E-state index contributed by atoms with van der Waals surface area (Å²) in [5, 5.41) is 12.8. The van der Waals surface area contributed by atoms with Crippen LogP contribution in [0.2, 0.25) is 0 Å². The van der Waals surface area contributed by atoms with Gasteiger partial charge in [-0.1, -0.05) is 19.1 Å². The van der Waals surface area contributed by atoms with Crippen molar-refractivity contribution in [3.63, 3.8) is 0 Å². The molecule has 3 rings (SSSR count). The quantitative estimate of drug-likeness (QED) is 0.728. The van der Waals surface area contributed by atoms with Gasteiger partial charge in [0.15, 0.2) is 0 Å². The fourth-order valence-corrected chi connectivity index (χ4v) is 3.37. The number of alkyl halides is 3. The van der Waals surface area contributed by atoms with Crippen LogP contribution in [0.15, 0.2) is 36.4 Å². The lowest BCUT2D eigenvalue weighted by Gasteiger charge is -2.30. The molecule has 31 heavy (non-hydrogen) atoms. The molecule has 0 bridgehead atoms. The Labute approximate surface area is 179 Å². The molecule has 6 nitrogen and oxygen atoms in total. The van der Waals surface area contributed by atoms with Crippen LogP contribution in [-0.4, -0.2) is 49.9 Å². The Morgan fingerprint density at radius 3 is 2.26 bits per heavy atom. The molecule has 1 aliphatic heterocycles. The highest BCUT2D eigenvalue weighted by Crippen LogP contribution is 2.27. The van der Waals surface area contributed by atoms with Gasteiger partial charge in [0, 0.05) is 18.7 Å². The Kier molecular flexibility index (Phi) is 8.67. The smallest absolute Gasteiger partial charge is 0.490 e. The van der Waals surface area contributed by atoms with Crippen molar-refractivity contribution in [3.05, 3.63) is 36.4 Å². The predicted molar refractivity (Wildman–Crippen MR) is 112 cm³/mol. The number of hydrogen-bond donors (Lipinski definition) is 2. The first-order valence-electron chi connectivity index (χ1n) is 10.0. The summed E-state index contributed by atoms with van der Waals surface area (Å²) < 4.78 is 37.0. The minimum Gasteiger partial charge on any atom is -0.497 e. The van der Waals surface area contributed by atoms with Crippen molar-refractivity contribution in [2.75, 3.05) is 31.6 Å². The number of piperidine rings is 1. The second kappa shape index (κ2) is 11.0. The fraction of sp³-hybridized carbons (Fsp3) is 0.455. The van der Waals surface area contributed by atoms with Crippen molar-refractivity contribution < 1.29 is 32.6 Å². The second-order valence-corrected chi connectivity index (χ2v) is 7.25. The molecule has 0 spiro atoms. The number of aliphatic carboxylic acids is 1. The highest BCUT2D eigenvalue weighted by molar-refractivity contribution is 5.96. The second-order valence-electron chi connectivity index (χ2n) is 7.25. The van der Waals surface area contributed by atoms with Crippen molar-refractivity contribution in [1.82, 2.24) is 5.32 Å². The van der Waals surface area contributed by atoms with E-state index < -0.39 is 12.1 Å². The molecule has 1 amide bonds. The maximum absolute atomic E-state index is 12.5. The van der Waals surface area contributed by atoms with Crippen LogP contribution in [0.4, 0.5) is 18.9 Å². The average molecular weight is 440 g/mol. The van der Waals surface area contributed by atoms with E-state index in [1.54, 1.807) is 7.11 Å². The zero-order valence-corrected chi connectivity index (χ0v) is 17.5. The number of nitrogens with one attached hydrogen (secondary N) is 1. The van der Waals surface area contributed by atoms with Gasteiger partial charge in [0.25, 0.3) is 0 Å². The Bertz CT molecular complexity index is 896. The van der Waals surface area contributed by atoms with Crippen molar-refractivity contribution in [1.29, 1.82) is 0 Å². The van der Waals surface area contributed by atoms with Crippen LogP contribution in [0, 0.1) is 5.92 Å². The predicted octanol–water partition coefficient (Wildman–Crippen LogP) is 4.22. The molecule has 1 heterocycles. The molecule has 0 radical (unpaired) electrons. The van der Waals surface area contributed by atoms with Gasteiger partial charge in [-0.25, -0.2) is 4.79 Å². The topological polar surface area (TPSA) is 78.9 Å². The number of nitrogens with zero attached hydrogens (tertiary/aromatic N) is 1. The number of hydrogen-bond acceptors (Lipinski definition) is 4. The van der Waals surface area contributed by atoms with E-state index >= 15 is 0 Å². The first-order valence-corrected chi connectivity index (χ1v) is 10.0. The summed E-state index contributed by atoms with van der Waals surface area (Å²) in [6.45, 7) is 4.85. The molecule has 0 unspecified atom stereocenters. The van der Waals surface area contributed by atoms with E-state index in [-0.39, 0.29) is 5.91 Å². The maximum atomic E-state index is 12.5. The van der Waals surface area contributed by atoms with Crippen LogP contribution in [-0.2, 0) is 9.59 Å². The van der Waals surface area contributed by atoms with E-state index in [1.807, 2.05) is 24.0 Å². The summed E-state index contributed by atoms with van der Waals surface area (Å²) in [6.07, 6.45) is -2.28. The number of anilines is 1. The molecule has 1 fully saturated rings. The number of carbonyl (C=O) groups is 2. The SMILES string of the molecule is CCC(=O)N(CC1CCNCC1)c1ccc2cc(OC)ccc2c1.O=C(O)C(F)(F)F. The number of carboxylic acids is 1. The summed E-state index contributed by atoms with van der Waals surface area (Å²) in [5.41, 5.74) is 0.998. The number of rotatable bonds is 5. The Morgan fingerprint density at radius 1 is 1.13 bits per heavy atom. The molecule has 1 saturated heterocycles. The number of methoxy groups -OCH3 is 1.